The van der Waals surface area contributed by atoms with Crippen molar-refractivity contribution in [3.63, 3.8) is 0 Å². The third-order valence-electron chi connectivity index (χ3n) is 5.74. The average Bonchev–Trinajstić information content (AvgIpc) is 2.84. The fourth-order valence-corrected chi connectivity index (χ4v) is 3.92. The Balaban J connectivity index is 2.36. The minimum atomic E-state index is -1.08. The molecule has 0 fully saturated rings. The van der Waals surface area contributed by atoms with Crippen LogP contribution in [0.4, 0.5) is 4.79 Å². The molecule has 2 unspecified atom stereocenters. The van der Waals surface area contributed by atoms with Crippen LogP contribution in [0.15, 0.2) is 54.6 Å². The number of phenols is 1. The Morgan fingerprint density at radius 2 is 1.62 bits per heavy atom. The van der Waals surface area contributed by atoms with E-state index < -0.39 is 35.6 Å². The van der Waals surface area contributed by atoms with Crippen molar-refractivity contribution < 1.29 is 24.2 Å². The smallest absolute Gasteiger partial charge is 0.408 e. The Hall–Kier alpha value is -3.55. The topological polar surface area (TPSA) is 108 Å². The Morgan fingerprint density at radius 1 is 0.973 bits per heavy atom. The average molecular weight is 512 g/mol. The van der Waals surface area contributed by atoms with Crippen molar-refractivity contribution in [3.8, 4) is 5.75 Å². The predicted molar refractivity (Wildman–Crippen MR) is 144 cm³/mol. The Bertz CT molecular complexity index is 1020. The highest BCUT2D eigenvalue weighted by Gasteiger charge is 2.35. The van der Waals surface area contributed by atoms with Gasteiger partial charge in [0.05, 0.1) is 0 Å². The first-order chi connectivity index (χ1) is 17.5. The Kier molecular flexibility index (Phi) is 11.4. The van der Waals surface area contributed by atoms with Crippen LogP contribution in [-0.4, -0.2) is 46.1 Å². The molecule has 2 atom stereocenters. The zero-order valence-corrected chi connectivity index (χ0v) is 22.6. The molecule has 0 radical (unpaired) electrons. The maximum absolute atomic E-state index is 13.7. The van der Waals surface area contributed by atoms with Crippen molar-refractivity contribution in [1.29, 1.82) is 0 Å². The van der Waals surface area contributed by atoms with E-state index >= 15 is 0 Å². The number of aromatic hydroxyl groups is 1. The number of phenolic OH excluding ortho intramolecular Hbond substituents is 1. The molecule has 0 aliphatic carbocycles. The van der Waals surface area contributed by atoms with Gasteiger partial charge in [-0.15, -0.1) is 0 Å². The van der Waals surface area contributed by atoms with Gasteiger partial charge in [0.25, 0.3) is 0 Å². The van der Waals surface area contributed by atoms with Gasteiger partial charge in [-0.05, 0) is 45.7 Å². The molecule has 202 valence electrons. The van der Waals surface area contributed by atoms with Gasteiger partial charge >= 0.3 is 6.09 Å². The zero-order valence-electron chi connectivity index (χ0n) is 22.6. The first kappa shape index (κ1) is 29.7. The number of amides is 3. The van der Waals surface area contributed by atoms with Gasteiger partial charge in [-0.2, -0.15) is 0 Å². The summed E-state index contributed by atoms with van der Waals surface area (Å²) in [6, 6.07) is 13.9. The number of para-hydroxylation sites is 1. The van der Waals surface area contributed by atoms with Gasteiger partial charge in [-0.1, -0.05) is 74.7 Å². The number of ether oxygens (including phenoxy) is 1. The molecule has 8 nitrogen and oxygen atoms in total. The second kappa shape index (κ2) is 14.3. The fraction of sp³-hybridized carbons (Fsp3) is 0.483. The highest BCUT2D eigenvalue weighted by molar-refractivity contribution is 5.92. The monoisotopic (exact) mass is 511 g/mol. The van der Waals surface area contributed by atoms with E-state index in [0.717, 1.165) is 24.8 Å². The lowest BCUT2D eigenvalue weighted by Gasteiger charge is -2.34. The molecule has 0 aliphatic heterocycles. The molecule has 2 rings (SSSR count). The van der Waals surface area contributed by atoms with Crippen LogP contribution in [0.3, 0.4) is 0 Å². The number of carbonyl (C=O) groups is 3. The van der Waals surface area contributed by atoms with Crippen LogP contribution in [0.2, 0.25) is 0 Å². The van der Waals surface area contributed by atoms with Crippen molar-refractivity contribution >= 4 is 17.9 Å². The summed E-state index contributed by atoms with van der Waals surface area (Å²) < 4.78 is 5.31. The number of hydrogen-bond acceptors (Lipinski definition) is 5. The summed E-state index contributed by atoms with van der Waals surface area (Å²) in [6.07, 6.45) is 2.86. The van der Waals surface area contributed by atoms with Gasteiger partial charge in [0, 0.05) is 18.7 Å². The Labute approximate surface area is 220 Å². The number of nitrogens with zero attached hydrogens (tertiary/aromatic N) is 1. The van der Waals surface area contributed by atoms with Crippen LogP contribution < -0.4 is 10.6 Å². The maximum atomic E-state index is 13.7. The number of carbonyl (C=O) groups excluding carboxylic acids is 3. The highest BCUT2D eigenvalue weighted by Crippen LogP contribution is 2.30. The number of rotatable bonds is 12. The van der Waals surface area contributed by atoms with Crippen molar-refractivity contribution in [2.24, 2.45) is 0 Å². The number of unbranched alkanes of at least 4 members (excludes halogenated alkanes) is 3. The molecule has 0 saturated heterocycles. The van der Waals surface area contributed by atoms with E-state index in [2.05, 4.69) is 17.6 Å². The minimum absolute atomic E-state index is 0.0820. The van der Waals surface area contributed by atoms with Gasteiger partial charge in [-0.3, -0.25) is 9.59 Å². The van der Waals surface area contributed by atoms with Crippen LogP contribution in [0, 0.1) is 0 Å². The third-order valence-corrected chi connectivity index (χ3v) is 5.74. The Morgan fingerprint density at radius 3 is 2.24 bits per heavy atom. The summed E-state index contributed by atoms with van der Waals surface area (Å²) in [4.78, 5) is 41.1. The van der Waals surface area contributed by atoms with E-state index in [1.165, 1.54) is 11.0 Å². The van der Waals surface area contributed by atoms with Crippen molar-refractivity contribution in [2.45, 2.75) is 84.5 Å². The first-order valence-electron chi connectivity index (χ1n) is 12.9. The van der Waals surface area contributed by atoms with E-state index in [1.54, 1.807) is 45.9 Å². The third kappa shape index (κ3) is 9.79. The molecule has 0 bridgehead atoms. The van der Waals surface area contributed by atoms with Crippen molar-refractivity contribution in [2.75, 3.05) is 6.54 Å². The van der Waals surface area contributed by atoms with E-state index in [9.17, 15) is 19.5 Å². The molecule has 2 aromatic carbocycles. The lowest BCUT2D eigenvalue weighted by Crippen LogP contribution is -2.52. The van der Waals surface area contributed by atoms with Gasteiger partial charge in [0.1, 0.15) is 23.4 Å². The molecular weight excluding hydrogens is 470 g/mol. The van der Waals surface area contributed by atoms with Crippen molar-refractivity contribution in [3.05, 3.63) is 65.7 Å². The molecule has 3 amide bonds. The number of benzene rings is 2. The SMILES string of the molecule is CCCCCCN(C(=O)C(C)NC(=O)OC(C)(C)C)C(C(=O)NCc1ccccc1)c1ccccc1O. The van der Waals surface area contributed by atoms with E-state index in [0.29, 0.717) is 12.0 Å². The van der Waals surface area contributed by atoms with E-state index in [1.807, 2.05) is 30.3 Å². The number of alkyl carbamates (subject to hydrolysis) is 1. The fourth-order valence-electron chi connectivity index (χ4n) is 3.92. The lowest BCUT2D eigenvalue weighted by molar-refractivity contribution is -0.142. The van der Waals surface area contributed by atoms with Crippen LogP contribution in [0.25, 0.3) is 0 Å². The summed E-state index contributed by atoms with van der Waals surface area (Å²) in [5.74, 6) is -0.939. The first-order valence-corrected chi connectivity index (χ1v) is 12.9. The van der Waals surface area contributed by atoms with Crippen LogP contribution in [-0.2, 0) is 20.9 Å². The standard InChI is InChI=1S/C29H41N3O5/c1-6-7-8-14-19-32(27(35)21(2)31-28(36)37-29(3,4)5)25(23-17-12-13-18-24(23)33)26(34)30-20-22-15-10-9-11-16-22/h9-13,15-18,21,25,33H,6-8,14,19-20H2,1-5H3,(H,30,34)(H,31,36). The largest absolute Gasteiger partial charge is 0.508 e. The summed E-state index contributed by atoms with van der Waals surface area (Å²) in [5.41, 5.74) is 0.511. The summed E-state index contributed by atoms with van der Waals surface area (Å²) in [7, 11) is 0. The van der Waals surface area contributed by atoms with Gasteiger partial charge in [0.2, 0.25) is 11.8 Å². The molecule has 0 aliphatic rings. The lowest BCUT2D eigenvalue weighted by atomic mass is 10.0. The highest BCUT2D eigenvalue weighted by atomic mass is 16.6. The molecular formula is C29H41N3O5. The molecule has 0 heterocycles. The van der Waals surface area contributed by atoms with Gasteiger partial charge < -0.3 is 25.4 Å². The van der Waals surface area contributed by atoms with Crippen LogP contribution in [0.5, 0.6) is 5.75 Å². The van der Waals surface area contributed by atoms with Gasteiger partial charge in [-0.25, -0.2) is 4.79 Å². The molecule has 37 heavy (non-hydrogen) atoms. The second-order valence-corrected chi connectivity index (χ2v) is 10.1. The zero-order chi connectivity index (χ0) is 27.4. The molecule has 8 heteroatoms. The number of nitrogens with one attached hydrogen (secondary N) is 2. The maximum Gasteiger partial charge on any atom is 0.408 e. The molecule has 2 aromatic rings. The minimum Gasteiger partial charge on any atom is -0.508 e. The number of hydrogen-bond donors (Lipinski definition) is 3. The quantitative estimate of drug-likeness (QED) is 0.345. The molecule has 0 aromatic heterocycles. The summed E-state index contributed by atoms with van der Waals surface area (Å²) >= 11 is 0. The van der Waals surface area contributed by atoms with Crippen LogP contribution >= 0.6 is 0 Å². The summed E-state index contributed by atoms with van der Waals surface area (Å²) in [6.45, 7) is 9.44. The van der Waals surface area contributed by atoms with E-state index in [4.69, 9.17) is 4.74 Å². The van der Waals surface area contributed by atoms with Gasteiger partial charge in [0.15, 0.2) is 0 Å². The molecule has 0 saturated carbocycles. The normalized spacial score (nSPS) is 12.8. The van der Waals surface area contributed by atoms with Crippen LogP contribution in [0.1, 0.15) is 77.5 Å². The summed E-state index contributed by atoms with van der Waals surface area (Å²) in [5, 5.41) is 16.2. The van der Waals surface area contributed by atoms with Crippen molar-refractivity contribution in [1.82, 2.24) is 15.5 Å². The second-order valence-electron chi connectivity index (χ2n) is 10.1. The van der Waals surface area contributed by atoms with E-state index in [-0.39, 0.29) is 18.8 Å². The molecule has 3 N–H and O–H groups in total. The predicted octanol–water partition coefficient (Wildman–Crippen LogP) is 5.07. The molecule has 0 spiro atoms.